The summed E-state index contributed by atoms with van der Waals surface area (Å²) in [6.07, 6.45) is 2.48. The number of nitro benzene ring substituents is 1. The van der Waals surface area contributed by atoms with Gasteiger partial charge in [0.15, 0.2) is 0 Å². The van der Waals surface area contributed by atoms with Crippen LogP contribution < -0.4 is 5.32 Å². The van der Waals surface area contributed by atoms with Gasteiger partial charge in [0.05, 0.1) is 33.0 Å². The van der Waals surface area contributed by atoms with E-state index < -0.39 is 15.7 Å². The number of aromatic nitrogens is 2. The van der Waals surface area contributed by atoms with Gasteiger partial charge in [0.25, 0.3) is 5.69 Å². The SMILES string of the molecule is O=[N+]([O-])c1ccc2nc([S@@](=O)C[C@@H]3CCNC3)cnc2c1. The number of rotatable bonds is 4. The van der Waals surface area contributed by atoms with Gasteiger partial charge in [-0.25, -0.2) is 4.98 Å². The van der Waals surface area contributed by atoms with Crippen LogP contribution in [0, 0.1) is 16.0 Å². The lowest BCUT2D eigenvalue weighted by Gasteiger charge is -2.07. The molecule has 1 aliphatic rings. The van der Waals surface area contributed by atoms with Gasteiger partial charge >= 0.3 is 0 Å². The number of non-ortho nitro benzene ring substituents is 1. The van der Waals surface area contributed by atoms with Crippen LogP contribution >= 0.6 is 0 Å². The van der Waals surface area contributed by atoms with E-state index in [9.17, 15) is 14.3 Å². The van der Waals surface area contributed by atoms with E-state index in [2.05, 4.69) is 15.3 Å². The molecule has 0 saturated carbocycles. The van der Waals surface area contributed by atoms with Crippen LogP contribution in [0.3, 0.4) is 0 Å². The van der Waals surface area contributed by atoms with Crippen LogP contribution in [0.25, 0.3) is 11.0 Å². The maximum Gasteiger partial charge on any atom is 0.271 e. The molecule has 110 valence electrons. The summed E-state index contributed by atoms with van der Waals surface area (Å²) in [5.41, 5.74) is 0.936. The first-order valence-corrected chi connectivity index (χ1v) is 7.95. The zero-order valence-corrected chi connectivity index (χ0v) is 12.0. The maximum atomic E-state index is 12.3. The largest absolute Gasteiger partial charge is 0.316 e. The average molecular weight is 306 g/mol. The van der Waals surface area contributed by atoms with E-state index >= 15 is 0 Å². The van der Waals surface area contributed by atoms with Crippen LogP contribution in [0.15, 0.2) is 29.4 Å². The molecule has 1 aromatic heterocycles. The Morgan fingerprint density at radius 2 is 2.29 bits per heavy atom. The number of nitro groups is 1. The number of benzene rings is 1. The van der Waals surface area contributed by atoms with Gasteiger partial charge in [-0.05, 0) is 31.5 Å². The Hall–Kier alpha value is -1.93. The minimum Gasteiger partial charge on any atom is -0.316 e. The van der Waals surface area contributed by atoms with Crippen LogP contribution in [-0.4, -0.2) is 37.9 Å². The summed E-state index contributed by atoms with van der Waals surface area (Å²) in [4.78, 5) is 18.7. The zero-order chi connectivity index (χ0) is 14.8. The summed E-state index contributed by atoms with van der Waals surface area (Å²) in [5.74, 6) is 0.973. The van der Waals surface area contributed by atoms with Crippen LogP contribution in [0.5, 0.6) is 0 Å². The molecule has 0 radical (unpaired) electrons. The Labute approximate surface area is 123 Å². The molecule has 2 atom stereocenters. The van der Waals surface area contributed by atoms with Crippen LogP contribution in [0.1, 0.15) is 6.42 Å². The third-order valence-electron chi connectivity index (χ3n) is 3.50. The van der Waals surface area contributed by atoms with Gasteiger partial charge in [0, 0.05) is 17.9 Å². The molecule has 1 saturated heterocycles. The molecule has 7 nitrogen and oxygen atoms in total. The van der Waals surface area contributed by atoms with Gasteiger partial charge in [0.2, 0.25) is 0 Å². The van der Waals surface area contributed by atoms with Crippen molar-refractivity contribution in [1.29, 1.82) is 0 Å². The standard InChI is InChI=1S/C13H14N4O3S/c18-17(19)10-1-2-11-12(5-10)15-7-13(16-11)21(20)8-9-3-4-14-6-9/h1-2,5,7,9,14H,3-4,6,8H2/t9-,21+/m1/s1. The van der Waals surface area contributed by atoms with Crippen molar-refractivity contribution in [2.45, 2.75) is 11.4 Å². The molecule has 1 aliphatic heterocycles. The number of fused-ring (bicyclic) bond motifs is 1. The van der Waals surface area contributed by atoms with Crippen molar-refractivity contribution in [3.63, 3.8) is 0 Å². The summed E-state index contributed by atoms with van der Waals surface area (Å²) in [6, 6.07) is 4.29. The first kappa shape index (κ1) is 14.0. The summed E-state index contributed by atoms with van der Waals surface area (Å²) in [6.45, 7) is 1.86. The van der Waals surface area contributed by atoms with Gasteiger partial charge in [-0.1, -0.05) is 0 Å². The highest BCUT2D eigenvalue weighted by Crippen LogP contribution is 2.19. The summed E-state index contributed by atoms with van der Waals surface area (Å²) < 4.78 is 12.3. The highest BCUT2D eigenvalue weighted by Gasteiger charge is 2.19. The van der Waals surface area contributed by atoms with Gasteiger partial charge in [-0.3, -0.25) is 19.3 Å². The van der Waals surface area contributed by atoms with Crippen LogP contribution in [-0.2, 0) is 10.8 Å². The smallest absolute Gasteiger partial charge is 0.271 e. The van der Waals surface area contributed by atoms with Gasteiger partial charge in [-0.15, -0.1) is 0 Å². The van der Waals surface area contributed by atoms with E-state index in [1.54, 1.807) is 0 Å². The predicted octanol–water partition coefficient (Wildman–Crippen LogP) is 1.26. The molecule has 0 spiro atoms. The Bertz CT molecular complexity index is 716. The first-order valence-electron chi connectivity index (χ1n) is 6.64. The molecule has 8 heteroatoms. The highest BCUT2D eigenvalue weighted by molar-refractivity contribution is 7.84. The molecule has 1 aromatic carbocycles. The Kier molecular flexibility index (Phi) is 3.89. The molecule has 21 heavy (non-hydrogen) atoms. The molecule has 0 bridgehead atoms. The molecule has 2 heterocycles. The second kappa shape index (κ2) is 5.82. The highest BCUT2D eigenvalue weighted by atomic mass is 32.2. The van der Waals surface area contributed by atoms with Crippen molar-refractivity contribution in [3.05, 3.63) is 34.5 Å². The molecular formula is C13H14N4O3S. The molecule has 0 unspecified atom stereocenters. The van der Waals surface area contributed by atoms with Crippen LogP contribution in [0.4, 0.5) is 5.69 Å². The topological polar surface area (TPSA) is 98.0 Å². The minimum absolute atomic E-state index is 0.0253. The number of hydrogen-bond donors (Lipinski definition) is 1. The second-order valence-corrected chi connectivity index (χ2v) is 6.45. The molecular weight excluding hydrogens is 292 g/mol. The fraction of sp³-hybridized carbons (Fsp3) is 0.385. The van der Waals surface area contributed by atoms with E-state index in [1.807, 2.05) is 0 Å². The van der Waals surface area contributed by atoms with E-state index in [4.69, 9.17) is 0 Å². The van der Waals surface area contributed by atoms with Gasteiger partial charge in [0.1, 0.15) is 5.03 Å². The third kappa shape index (κ3) is 3.06. The van der Waals surface area contributed by atoms with Crippen LogP contribution in [0.2, 0.25) is 0 Å². The zero-order valence-electron chi connectivity index (χ0n) is 11.2. The monoisotopic (exact) mass is 306 g/mol. The fourth-order valence-corrected chi connectivity index (χ4v) is 3.62. The number of nitrogens with one attached hydrogen (secondary N) is 1. The second-order valence-electron chi connectivity index (χ2n) is 5.01. The van der Waals surface area contributed by atoms with Crippen molar-refractivity contribution < 1.29 is 9.13 Å². The maximum absolute atomic E-state index is 12.3. The van der Waals surface area contributed by atoms with Crippen molar-refractivity contribution >= 4 is 27.5 Å². The van der Waals surface area contributed by atoms with Crippen molar-refractivity contribution in [2.75, 3.05) is 18.8 Å². The molecule has 2 aromatic rings. The lowest BCUT2D eigenvalue weighted by molar-refractivity contribution is -0.384. The molecule has 3 rings (SSSR count). The summed E-state index contributed by atoms with van der Waals surface area (Å²) in [7, 11) is -1.19. The van der Waals surface area contributed by atoms with Crippen molar-refractivity contribution in [1.82, 2.24) is 15.3 Å². The van der Waals surface area contributed by atoms with Crippen molar-refractivity contribution in [2.24, 2.45) is 5.92 Å². The van der Waals surface area contributed by atoms with Gasteiger partial charge < -0.3 is 5.32 Å². The van der Waals surface area contributed by atoms with E-state index in [0.29, 0.717) is 27.7 Å². The predicted molar refractivity (Wildman–Crippen MR) is 78.4 cm³/mol. The fourth-order valence-electron chi connectivity index (χ4n) is 2.36. The minimum atomic E-state index is -1.19. The Balaban J connectivity index is 1.84. The van der Waals surface area contributed by atoms with E-state index in [-0.39, 0.29) is 5.69 Å². The Morgan fingerprint density at radius 3 is 3.00 bits per heavy atom. The summed E-state index contributed by atoms with van der Waals surface area (Å²) in [5, 5.41) is 14.4. The first-order chi connectivity index (χ1) is 10.1. The van der Waals surface area contributed by atoms with Crippen molar-refractivity contribution in [3.8, 4) is 0 Å². The normalized spacial score (nSPS) is 19.7. The molecule has 1 fully saturated rings. The lowest BCUT2D eigenvalue weighted by Crippen LogP contribution is -2.15. The summed E-state index contributed by atoms with van der Waals surface area (Å²) >= 11 is 0. The number of hydrogen-bond acceptors (Lipinski definition) is 6. The molecule has 0 aliphatic carbocycles. The molecule has 1 N–H and O–H groups in total. The van der Waals surface area contributed by atoms with Gasteiger partial charge in [-0.2, -0.15) is 0 Å². The molecule has 0 amide bonds. The average Bonchev–Trinajstić information content (AvgIpc) is 2.99. The number of nitrogens with zero attached hydrogens (tertiary/aromatic N) is 3. The van der Waals surface area contributed by atoms with E-state index in [0.717, 1.165) is 19.5 Å². The quantitative estimate of drug-likeness (QED) is 0.674. The van der Waals surface area contributed by atoms with E-state index in [1.165, 1.54) is 24.4 Å². The Morgan fingerprint density at radius 1 is 1.43 bits per heavy atom. The third-order valence-corrected chi connectivity index (χ3v) is 4.93. The lowest BCUT2D eigenvalue weighted by atomic mass is 10.2.